The highest BCUT2D eigenvalue weighted by Gasteiger charge is 2.08. The van der Waals surface area contributed by atoms with Crippen LogP contribution < -0.4 is 0 Å². The fraction of sp³-hybridized carbons (Fsp3) is 1.00. The predicted octanol–water partition coefficient (Wildman–Crippen LogP) is 2.55. The van der Waals surface area contributed by atoms with E-state index in [-0.39, 0.29) is 0 Å². The second-order valence-electron chi connectivity index (χ2n) is 2.93. The first kappa shape index (κ1) is 9.84. The van der Waals surface area contributed by atoms with Crippen LogP contribution in [0.1, 0.15) is 26.2 Å². The van der Waals surface area contributed by atoms with Crippen LogP contribution in [0.5, 0.6) is 0 Å². The van der Waals surface area contributed by atoms with Crippen molar-refractivity contribution in [2.45, 2.75) is 26.2 Å². The summed E-state index contributed by atoms with van der Waals surface area (Å²) >= 11 is 1.92. The van der Waals surface area contributed by atoms with Crippen molar-refractivity contribution >= 4 is 11.8 Å². The van der Waals surface area contributed by atoms with E-state index >= 15 is 0 Å². The Labute approximate surface area is 78.6 Å². The standard InChI is InChI=1S/C8H17N3S/c1-2-3-4-5-9-10-11-6-7-12-8-11/h2-8H2,1H3/b10-9+. The Kier molecular flexibility index (Phi) is 5.15. The highest BCUT2D eigenvalue weighted by Crippen LogP contribution is 2.13. The maximum absolute atomic E-state index is 4.13. The third-order valence-corrected chi connectivity index (χ3v) is 2.74. The van der Waals surface area contributed by atoms with E-state index in [0.717, 1.165) is 19.0 Å². The molecule has 1 aliphatic heterocycles. The lowest BCUT2D eigenvalue weighted by molar-refractivity contribution is 0.346. The van der Waals surface area contributed by atoms with Crippen molar-refractivity contribution < 1.29 is 0 Å². The van der Waals surface area contributed by atoms with E-state index in [9.17, 15) is 0 Å². The summed E-state index contributed by atoms with van der Waals surface area (Å²) in [7, 11) is 0. The molecule has 12 heavy (non-hydrogen) atoms. The van der Waals surface area contributed by atoms with Gasteiger partial charge in [0.2, 0.25) is 0 Å². The summed E-state index contributed by atoms with van der Waals surface area (Å²) in [5, 5.41) is 10.3. The van der Waals surface area contributed by atoms with E-state index in [4.69, 9.17) is 0 Å². The van der Waals surface area contributed by atoms with Gasteiger partial charge < -0.3 is 0 Å². The molecule has 1 heterocycles. The maximum atomic E-state index is 4.13. The molecule has 0 aromatic heterocycles. The lowest BCUT2D eigenvalue weighted by atomic mass is 10.3. The van der Waals surface area contributed by atoms with Gasteiger partial charge in [0.25, 0.3) is 0 Å². The summed E-state index contributed by atoms with van der Waals surface area (Å²) < 4.78 is 0. The molecule has 0 bridgehead atoms. The molecule has 1 aliphatic rings. The number of nitrogens with zero attached hydrogens (tertiary/aromatic N) is 3. The highest BCUT2D eigenvalue weighted by molar-refractivity contribution is 7.99. The van der Waals surface area contributed by atoms with Gasteiger partial charge in [0.05, 0.1) is 12.4 Å². The Morgan fingerprint density at radius 2 is 2.33 bits per heavy atom. The van der Waals surface area contributed by atoms with Crippen LogP contribution in [0.4, 0.5) is 0 Å². The summed E-state index contributed by atoms with van der Waals surface area (Å²) in [6.07, 6.45) is 3.71. The first-order valence-corrected chi connectivity index (χ1v) is 5.79. The van der Waals surface area contributed by atoms with E-state index in [1.165, 1.54) is 25.0 Å². The molecule has 0 atom stereocenters. The van der Waals surface area contributed by atoms with Crippen LogP contribution in [-0.2, 0) is 0 Å². The van der Waals surface area contributed by atoms with E-state index in [0.29, 0.717) is 0 Å². The van der Waals surface area contributed by atoms with E-state index in [1.54, 1.807) is 0 Å². The van der Waals surface area contributed by atoms with Gasteiger partial charge in [0, 0.05) is 12.3 Å². The van der Waals surface area contributed by atoms with Crippen molar-refractivity contribution in [2.75, 3.05) is 24.7 Å². The van der Waals surface area contributed by atoms with Crippen molar-refractivity contribution in [1.29, 1.82) is 0 Å². The van der Waals surface area contributed by atoms with Crippen LogP contribution in [0.2, 0.25) is 0 Å². The van der Waals surface area contributed by atoms with Gasteiger partial charge in [-0.15, -0.1) is 11.8 Å². The molecule has 4 heteroatoms. The quantitative estimate of drug-likeness (QED) is 0.488. The van der Waals surface area contributed by atoms with E-state index in [1.807, 2.05) is 16.8 Å². The molecule has 0 radical (unpaired) electrons. The minimum absolute atomic E-state index is 0.898. The summed E-state index contributed by atoms with van der Waals surface area (Å²) in [5.74, 6) is 2.23. The molecular formula is C8H17N3S. The Balaban J connectivity index is 1.97. The monoisotopic (exact) mass is 187 g/mol. The summed E-state index contributed by atoms with van der Waals surface area (Å²) in [6, 6.07) is 0. The number of hydrogen-bond donors (Lipinski definition) is 0. The Bertz CT molecular complexity index is 132. The van der Waals surface area contributed by atoms with Gasteiger partial charge in [-0.25, -0.2) is 0 Å². The molecule has 0 aromatic carbocycles. The minimum Gasteiger partial charge on any atom is -0.268 e. The van der Waals surface area contributed by atoms with Gasteiger partial charge in [-0.3, -0.25) is 5.01 Å². The third kappa shape index (κ3) is 3.95. The van der Waals surface area contributed by atoms with Crippen molar-refractivity contribution in [3.05, 3.63) is 0 Å². The first-order chi connectivity index (χ1) is 5.93. The molecule has 3 nitrogen and oxygen atoms in total. The zero-order valence-electron chi connectivity index (χ0n) is 7.70. The third-order valence-electron chi connectivity index (χ3n) is 1.79. The molecule has 1 fully saturated rings. The van der Waals surface area contributed by atoms with Crippen molar-refractivity contribution in [1.82, 2.24) is 5.01 Å². The molecule has 0 unspecified atom stereocenters. The van der Waals surface area contributed by atoms with Crippen LogP contribution in [-0.4, -0.2) is 29.7 Å². The fourth-order valence-corrected chi connectivity index (χ4v) is 1.90. The van der Waals surface area contributed by atoms with Gasteiger partial charge in [0.15, 0.2) is 0 Å². The Morgan fingerprint density at radius 3 is 3.00 bits per heavy atom. The molecule has 0 saturated carbocycles. The Hall–Kier alpha value is -0.250. The largest absolute Gasteiger partial charge is 0.268 e. The van der Waals surface area contributed by atoms with Gasteiger partial charge in [-0.05, 0) is 6.42 Å². The molecule has 0 amide bonds. The minimum atomic E-state index is 0.898. The van der Waals surface area contributed by atoms with Gasteiger partial charge in [-0.1, -0.05) is 25.0 Å². The zero-order valence-corrected chi connectivity index (χ0v) is 8.52. The molecule has 1 rings (SSSR count). The van der Waals surface area contributed by atoms with Crippen molar-refractivity contribution in [2.24, 2.45) is 10.3 Å². The van der Waals surface area contributed by atoms with Gasteiger partial charge in [0.1, 0.15) is 0 Å². The molecule has 0 aliphatic carbocycles. The van der Waals surface area contributed by atoms with E-state index in [2.05, 4.69) is 17.3 Å². The molecule has 0 aromatic rings. The van der Waals surface area contributed by atoms with Crippen LogP contribution >= 0.6 is 11.8 Å². The summed E-state index contributed by atoms with van der Waals surface area (Å²) in [6.45, 7) is 4.17. The SMILES string of the molecule is CCCCC/N=N/N1CCSC1. The summed E-state index contributed by atoms with van der Waals surface area (Å²) in [5.41, 5.74) is 0. The van der Waals surface area contributed by atoms with E-state index < -0.39 is 0 Å². The number of unbranched alkanes of at least 4 members (excludes halogenated alkanes) is 2. The second-order valence-corrected chi connectivity index (χ2v) is 4.00. The maximum Gasteiger partial charge on any atom is 0.0832 e. The predicted molar refractivity (Wildman–Crippen MR) is 53.3 cm³/mol. The lowest BCUT2D eigenvalue weighted by Gasteiger charge is -2.05. The average molecular weight is 187 g/mol. The second kappa shape index (κ2) is 6.29. The van der Waals surface area contributed by atoms with Crippen LogP contribution in [0.3, 0.4) is 0 Å². The molecule has 0 spiro atoms. The molecular weight excluding hydrogens is 170 g/mol. The van der Waals surface area contributed by atoms with Crippen LogP contribution in [0, 0.1) is 0 Å². The first-order valence-electron chi connectivity index (χ1n) is 4.63. The van der Waals surface area contributed by atoms with Crippen molar-refractivity contribution in [3.8, 4) is 0 Å². The highest BCUT2D eigenvalue weighted by atomic mass is 32.2. The molecule has 1 saturated heterocycles. The van der Waals surface area contributed by atoms with Crippen LogP contribution in [0.15, 0.2) is 10.3 Å². The number of hydrogen-bond acceptors (Lipinski definition) is 3. The Morgan fingerprint density at radius 1 is 1.42 bits per heavy atom. The lowest BCUT2D eigenvalue weighted by Crippen LogP contribution is -2.10. The molecule has 70 valence electrons. The molecule has 0 N–H and O–H groups in total. The van der Waals surface area contributed by atoms with Gasteiger partial charge in [-0.2, -0.15) is 5.11 Å². The number of rotatable bonds is 5. The average Bonchev–Trinajstić information content (AvgIpc) is 2.57. The fourth-order valence-electron chi connectivity index (χ4n) is 1.04. The van der Waals surface area contributed by atoms with Crippen molar-refractivity contribution in [3.63, 3.8) is 0 Å². The zero-order chi connectivity index (χ0) is 8.65. The van der Waals surface area contributed by atoms with Crippen LogP contribution in [0.25, 0.3) is 0 Å². The smallest absolute Gasteiger partial charge is 0.0832 e. The number of thioether (sulfide) groups is 1. The summed E-state index contributed by atoms with van der Waals surface area (Å²) in [4.78, 5) is 0. The normalized spacial score (nSPS) is 17.9. The van der Waals surface area contributed by atoms with Gasteiger partial charge >= 0.3 is 0 Å². The topological polar surface area (TPSA) is 28.0 Å².